The number of hydrogen-bond acceptors (Lipinski definition) is 2. The first kappa shape index (κ1) is 11.3. The molecule has 0 aromatic heterocycles. The lowest BCUT2D eigenvalue weighted by molar-refractivity contribution is 0.0458. The molecule has 1 fully saturated rings. The molecule has 1 atom stereocenters. The zero-order valence-corrected chi connectivity index (χ0v) is 9.08. The number of amides is 2. The van der Waals surface area contributed by atoms with Gasteiger partial charge in [-0.2, -0.15) is 0 Å². The Hall–Kier alpha value is -0.770. The molecule has 1 aliphatic rings. The summed E-state index contributed by atoms with van der Waals surface area (Å²) in [5.41, 5.74) is 0. The van der Waals surface area contributed by atoms with Gasteiger partial charge in [0.15, 0.2) is 0 Å². The molecule has 82 valence electrons. The van der Waals surface area contributed by atoms with E-state index in [0.717, 1.165) is 26.2 Å². The second-order valence-corrected chi connectivity index (χ2v) is 3.80. The Balaban J connectivity index is 2.24. The number of carbonyl (C=O) groups is 1. The molecule has 0 spiro atoms. The predicted molar refractivity (Wildman–Crippen MR) is 55.2 cm³/mol. The summed E-state index contributed by atoms with van der Waals surface area (Å²) in [6.07, 6.45) is 2.29. The number of rotatable bonds is 3. The van der Waals surface area contributed by atoms with E-state index in [-0.39, 0.29) is 6.03 Å². The predicted octanol–water partition coefficient (Wildman–Crippen LogP) is 1.07. The van der Waals surface area contributed by atoms with Gasteiger partial charge in [-0.15, -0.1) is 0 Å². The van der Waals surface area contributed by atoms with Crippen molar-refractivity contribution < 1.29 is 9.53 Å². The quantitative estimate of drug-likeness (QED) is 0.740. The summed E-state index contributed by atoms with van der Waals surface area (Å²) < 4.78 is 5.36. The van der Waals surface area contributed by atoms with Crippen LogP contribution in [-0.2, 0) is 4.74 Å². The minimum absolute atomic E-state index is 0.0121. The van der Waals surface area contributed by atoms with Crippen molar-refractivity contribution in [3.05, 3.63) is 0 Å². The van der Waals surface area contributed by atoms with E-state index in [2.05, 4.69) is 5.32 Å². The molecule has 0 bridgehead atoms. The van der Waals surface area contributed by atoms with Crippen molar-refractivity contribution in [2.24, 2.45) is 5.92 Å². The van der Waals surface area contributed by atoms with Gasteiger partial charge in [-0.25, -0.2) is 4.79 Å². The molecule has 2 amide bonds. The van der Waals surface area contributed by atoms with Gasteiger partial charge < -0.3 is 15.0 Å². The van der Waals surface area contributed by atoms with Crippen molar-refractivity contribution in [2.75, 3.05) is 33.4 Å². The highest BCUT2D eigenvalue weighted by Crippen LogP contribution is 2.14. The van der Waals surface area contributed by atoms with E-state index in [1.165, 1.54) is 6.42 Å². The molecule has 4 nitrogen and oxygen atoms in total. The van der Waals surface area contributed by atoms with Gasteiger partial charge in [-0.1, -0.05) is 0 Å². The Morgan fingerprint density at radius 2 is 2.43 bits per heavy atom. The van der Waals surface area contributed by atoms with Crippen LogP contribution < -0.4 is 5.32 Å². The monoisotopic (exact) mass is 200 g/mol. The highest BCUT2D eigenvalue weighted by Gasteiger charge is 2.17. The normalized spacial score (nSPS) is 21.7. The lowest BCUT2D eigenvalue weighted by Crippen LogP contribution is -2.41. The molecule has 1 aliphatic heterocycles. The fourth-order valence-electron chi connectivity index (χ4n) is 1.71. The second kappa shape index (κ2) is 5.86. The van der Waals surface area contributed by atoms with E-state index in [1.807, 2.05) is 14.0 Å². The van der Waals surface area contributed by atoms with E-state index in [0.29, 0.717) is 12.5 Å². The Morgan fingerprint density at radius 1 is 1.64 bits per heavy atom. The lowest BCUT2D eigenvalue weighted by atomic mass is 10.0. The number of ether oxygens (including phenoxy) is 1. The van der Waals surface area contributed by atoms with Crippen LogP contribution in [0.15, 0.2) is 0 Å². The van der Waals surface area contributed by atoms with Crippen molar-refractivity contribution in [3.63, 3.8) is 0 Å². The highest BCUT2D eigenvalue weighted by atomic mass is 16.5. The lowest BCUT2D eigenvalue weighted by Gasteiger charge is -2.27. The maximum Gasteiger partial charge on any atom is 0.317 e. The topological polar surface area (TPSA) is 41.6 Å². The van der Waals surface area contributed by atoms with E-state index in [1.54, 1.807) is 4.90 Å². The van der Waals surface area contributed by atoms with Crippen LogP contribution in [0.5, 0.6) is 0 Å². The first-order valence-electron chi connectivity index (χ1n) is 5.30. The van der Waals surface area contributed by atoms with Gasteiger partial charge in [0.25, 0.3) is 0 Å². The molecule has 0 aliphatic carbocycles. The van der Waals surface area contributed by atoms with Crippen LogP contribution in [0.2, 0.25) is 0 Å². The van der Waals surface area contributed by atoms with Crippen LogP contribution >= 0.6 is 0 Å². The van der Waals surface area contributed by atoms with Crippen LogP contribution in [0, 0.1) is 5.92 Å². The van der Waals surface area contributed by atoms with Crippen LogP contribution in [0.4, 0.5) is 4.79 Å². The number of nitrogens with zero attached hydrogens (tertiary/aromatic N) is 1. The summed E-state index contributed by atoms with van der Waals surface area (Å²) in [6.45, 7) is 5.08. The third-order valence-electron chi connectivity index (χ3n) is 2.46. The molecule has 0 aromatic rings. The molecular weight excluding hydrogens is 180 g/mol. The molecule has 0 saturated carbocycles. The third-order valence-corrected chi connectivity index (χ3v) is 2.46. The van der Waals surface area contributed by atoms with E-state index >= 15 is 0 Å². The molecule has 0 aromatic carbocycles. The average Bonchev–Trinajstić information content (AvgIpc) is 2.19. The fourth-order valence-corrected chi connectivity index (χ4v) is 1.71. The van der Waals surface area contributed by atoms with Gasteiger partial charge in [0.05, 0.1) is 6.61 Å². The molecule has 0 radical (unpaired) electrons. The molecule has 4 heteroatoms. The van der Waals surface area contributed by atoms with Crippen molar-refractivity contribution in [3.8, 4) is 0 Å². The number of hydrogen-bond donors (Lipinski definition) is 1. The van der Waals surface area contributed by atoms with Crippen LogP contribution in [-0.4, -0.2) is 44.3 Å². The molecular formula is C10H20N2O2. The zero-order chi connectivity index (χ0) is 10.4. The van der Waals surface area contributed by atoms with Crippen molar-refractivity contribution in [1.29, 1.82) is 0 Å². The van der Waals surface area contributed by atoms with Gasteiger partial charge in [0.1, 0.15) is 0 Å². The largest absolute Gasteiger partial charge is 0.381 e. The number of urea groups is 1. The summed E-state index contributed by atoms with van der Waals surface area (Å²) in [7, 11) is 1.83. The van der Waals surface area contributed by atoms with Gasteiger partial charge >= 0.3 is 6.03 Å². The minimum atomic E-state index is 0.0121. The van der Waals surface area contributed by atoms with E-state index in [9.17, 15) is 4.79 Å². The standard InChI is InChI=1S/C10H20N2O2/c1-3-11-10(13)12(2)7-9-5-4-6-14-8-9/h9H,3-8H2,1-2H3,(H,11,13). The average molecular weight is 200 g/mol. The first-order chi connectivity index (χ1) is 6.74. The molecule has 1 rings (SSSR count). The number of nitrogens with one attached hydrogen (secondary N) is 1. The van der Waals surface area contributed by atoms with Gasteiger partial charge in [0.2, 0.25) is 0 Å². The number of carbonyl (C=O) groups excluding carboxylic acids is 1. The fraction of sp³-hybridized carbons (Fsp3) is 0.900. The summed E-state index contributed by atoms with van der Waals surface area (Å²) in [5, 5.41) is 2.78. The molecule has 1 N–H and O–H groups in total. The molecule has 1 saturated heterocycles. The summed E-state index contributed by atoms with van der Waals surface area (Å²) in [6, 6.07) is 0.0121. The van der Waals surface area contributed by atoms with Crippen molar-refractivity contribution in [1.82, 2.24) is 10.2 Å². The van der Waals surface area contributed by atoms with Crippen LogP contribution in [0.25, 0.3) is 0 Å². The summed E-state index contributed by atoms with van der Waals surface area (Å²) in [4.78, 5) is 13.1. The van der Waals surface area contributed by atoms with Crippen LogP contribution in [0.1, 0.15) is 19.8 Å². The summed E-state index contributed by atoms with van der Waals surface area (Å²) >= 11 is 0. The Morgan fingerprint density at radius 3 is 3.00 bits per heavy atom. The highest BCUT2D eigenvalue weighted by molar-refractivity contribution is 5.73. The first-order valence-corrected chi connectivity index (χ1v) is 5.30. The van der Waals surface area contributed by atoms with Gasteiger partial charge in [-0.05, 0) is 19.8 Å². The van der Waals surface area contributed by atoms with E-state index in [4.69, 9.17) is 4.74 Å². The third kappa shape index (κ3) is 3.54. The Kier molecular flexibility index (Phi) is 4.73. The SMILES string of the molecule is CCNC(=O)N(C)CC1CCCOC1. The van der Waals surface area contributed by atoms with Crippen LogP contribution in [0.3, 0.4) is 0 Å². The van der Waals surface area contributed by atoms with E-state index < -0.39 is 0 Å². The van der Waals surface area contributed by atoms with Gasteiger partial charge in [0, 0.05) is 32.7 Å². The molecule has 1 unspecified atom stereocenters. The maximum atomic E-state index is 11.4. The second-order valence-electron chi connectivity index (χ2n) is 3.80. The zero-order valence-electron chi connectivity index (χ0n) is 9.08. The molecule has 1 heterocycles. The Labute approximate surface area is 85.6 Å². The maximum absolute atomic E-state index is 11.4. The van der Waals surface area contributed by atoms with Gasteiger partial charge in [-0.3, -0.25) is 0 Å². The molecule has 14 heavy (non-hydrogen) atoms. The smallest absolute Gasteiger partial charge is 0.317 e. The van der Waals surface area contributed by atoms with Crippen molar-refractivity contribution >= 4 is 6.03 Å². The van der Waals surface area contributed by atoms with Crippen molar-refractivity contribution in [2.45, 2.75) is 19.8 Å². The minimum Gasteiger partial charge on any atom is -0.381 e. The Bertz CT molecular complexity index is 179. The summed E-state index contributed by atoms with van der Waals surface area (Å²) in [5.74, 6) is 0.511.